The van der Waals surface area contributed by atoms with E-state index >= 15 is 0 Å². The van der Waals surface area contributed by atoms with E-state index in [4.69, 9.17) is 0 Å². The molecule has 0 radical (unpaired) electrons. The Hall–Kier alpha value is -0.970. The molecule has 2 atom stereocenters. The van der Waals surface area contributed by atoms with Gasteiger partial charge in [-0.2, -0.15) is 0 Å². The van der Waals surface area contributed by atoms with Crippen molar-refractivity contribution in [2.75, 3.05) is 6.54 Å². The summed E-state index contributed by atoms with van der Waals surface area (Å²) in [6.45, 7) is 0.535. The van der Waals surface area contributed by atoms with Gasteiger partial charge in [0.25, 0.3) is 5.91 Å². The molecular formula is C13H14BrF2NO. The largest absolute Gasteiger partial charge is 0.352 e. The second-order valence-corrected chi connectivity index (χ2v) is 5.75. The molecule has 0 aliphatic heterocycles. The van der Waals surface area contributed by atoms with Crippen molar-refractivity contribution in [3.05, 3.63) is 35.4 Å². The molecule has 0 saturated heterocycles. The Kier molecular flexibility index (Phi) is 4.32. The van der Waals surface area contributed by atoms with Gasteiger partial charge >= 0.3 is 0 Å². The maximum atomic E-state index is 13.0. The van der Waals surface area contributed by atoms with Crippen molar-refractivity contribution in [1.29, 1.82) is 0 Å². The van der Waals surface area contributed by atoms with Gasteiger partial charge in [-0.1, -0.05) is 22.4 Å². The van der Waals surface area contributed by atoms with Crippen LogP contribution in [-0.2, 0) is 0 Å². The topological polar surface area (TPSA) is 29.1 Å². The van der Waals surface area contributed by atoms with E-state index in [9.17, 15) is 13.6 Å². The second-order valence-electron chi connectivity index (χ2n) is 4.58. The van der Waals surface area contributed by atoms with Gasteiger partial charge in [0.15, 0.2) is 0 Å². The minimum absolute atomic E-state index is 0.0246. The normalized spacial score (nSPS) is 23.1. The average molecular weight is 318 g/mol. The Morgan fingerprint density at radius 3 is 2.50 bits per heavy atom. The van der Waals surface area contributed by atoms with Crippen molar-refractivity contribution >= 4 is 21.8 Å². The number of carbonyl (C=O) groups excluding carboxylic acids is 1. The maximum absolute atomic E-state index is 13.0. The van der Waals surface area contributed by atoms with E-state index in [0.717, 1.165) is 37.5 Å². The summed E-state index contributed by atoms with van der Waals surface area (Å²) in [7, 11) is 0. The van der Waals surface area contributed by atoms with E-state index in [1.165, 1.54) is 0 Å². The lowest BCUT2D eigenvalue weighted by Gasteiger charge is -2.14. The van der Waals surface area contributed by atoms with Gasteiger partial charge < -0.3 is 5.32 Å². The zero-order chi connectivity index (χ0) is 13.1. The molecule has 1 aliphatic carbocycles. The van der Waals surface area contributed by atoms with Gasteiger partial charge in [0.2, 0.25) is 0 Å². The van der Waals surface area contributed by atoms with E-state index in [1.807, 2.05) is 0 Å². The summed E-state index contributed by atoms with van der Waals surface area (Å²) in [5.41, 5.74) is 0.0246. The van der Waals surface area contributed by atoms with Crippen LogP contribution in [0.5, 0.6) is 0 Å². The van der Waals surface area contributed by atoms with Crippen molar-refractivity contribution in [1.82, 2.24) is 5.32 Å². The molecule has 2 unspecified atom stereocenters. The highest BCUT2D eigenvalue weighted by Gasteiger charge is 2.25. The molecule has 0 heterocycles. The summed E-state index contributed by atoms with van der Waals surface area (Å²) in [4.78, 5) is 12.2. The van der Waals surface area contributed by atoms with Gasteiger partial charge in [-0.05, 0) is 30.9 Å². The van der Waals surface area contributed by atoms with Crippen LogP contribution in [0.3, 0.4) is 0 Å². The molecule has 98 valence electrons. The standard InChI is InChI=1S/C13H14BrF2NO/c14-12-3-1-2-8(12)7-17-13(18)9-4-10(15)6-11(16)5-9/h4-6,8,12H,1-3,7H2,(H,17,18). The Morgan fingerprint density at radius 1 is 1.28 bits per heavy atom. The molecule has 5 heteroatoms. The fourth-order valence-electron chi connectivity index (χ4n) is 2.23. The van der Waals surface area contributed by atoms with Gasteiger partial charge in [0.1, 0.15) is 11.6 Å². The second kappa shape index (κ2) is 5.78. The molecule has 2 rings (SSSR count). The number of carbonyl (C=O) groups is 1. The van der Waals surface area contributed by atoms with Crippen LogP contribution >= 0.6 is 15.9 Å². The first kappa shape index (κ1) is 13.5. The predicted octanol–water partition coefficient (Wildman–Crippen LogP) is 3.26. The first-order valence-corrected chi connectivity index (χ1v) is 6.86. The third-order valence-corrected chi connectivity index (χ3v) is 4.42. The monoisotopic (exact) mass is 317 g/mol. The smallest absolute Gasteiger partial charge is 0.251 e. The van der Waals surface area contributed by atoms with Crippen molar-refractivity contribution in [3.63, 3.8) is 0 Å². The first-order valence-electron chi connectivity index (χ1n) is 5.94. The van der Waals surface area contributed by atoms with Gasteiger partial charge in [0.05, 0.1) is 0 Å². The summed E-state index contributed by atoms with van der Waals surface area (Å²) in [6, 6.07) is 2.83. The third kappa shape index (κ3) is 3.28. The number of benzene rings is 1. The molecule has 1 aromatic carbocycles. The lowest BCUT2D eigenvalue weighted by atomic mass is 10.1. The molecule has 0 spiro atoms. The lowest BCUT2D eigenvalue weighted by molar-refractivity contribution is 0.0947. The molecule has 0 aromatic heterocycles. The Balaban J connectivity index is 1.95. The van der Waals surface area contributed by atoms with Crippen molar-refractivity contribution < 1.29 is 13.6 Å². The first-order chi connectivity index (χ1) is 8.56. The Morgan fingerprint density at radius 2 is 1.94 bits per heavy atom. The molecule has 1 aromatic rings. The van der Waals surface area contributed by atoms with Gasteiger partial charge in [-0.3, -0.25) is 4.79 Å². The number of halogens is 3. The van der Waals surface area contributed by atoms with Crippen LogP contribution in [0.4, 0.5) is 8.78 Å². The van der Waals surface area contributed by atoms with Crippen LogP contribution in [0.15, 0.2) is 18.2 Å². The number of amides is 1. The number of nitrogens with one attached hydrogen (secondary N) is 1. The minimum Gasteiger partial charge on any atom is -0.352 e. The van der Waals surface area contributed by atoms with Crippen LogP contribution in [0.2, 0.25) is 0 Å². The van der Waals surface area contributed by atoms with E-state index in [0.29, 0.717) is 17.3 Å². The quantitative estimate of drug-likeness (QED) is 0.852. The highest BCUT2D eigenvalue weighted by Crippen LogP contribution is 2.30. The highest BCUT2D eigenvalue weighted by atomic mass is 79.9. The van der Waals surface area contributed by atoms with Crippen LogP contribution in [0, 0.1) is 17.6 Å². The van der Waals surface area contributed by atoms with Crippen LogP contribution in [-0.4, -0.2) is 17.3 Å². The van der Waals surface area contributed by atoms with Crippen molar-refractivity contribution in [2.45, 2.75) is 24.1 Å². The Labute approximate surface area is 113 Å². The fourth-order valence-corrected chi connectivity index (χ4v) is 3.01. The van der Waals surface area contributed by atoms with E-state index in [1.54, 1.807) is 0 Å². The number of hydrogen-bond acceptors (Lipinski definition) is 1. The SMILES string of the molecule is O=C(NCC1CCCC1Br)c1cc(F)cc(F)c1. The van der Waals surface area contributed by atoms with E-state index in [-0.39, 0.29) is 5.56 Å². The predicted molar refractivity (Wildman–Crippen MR) is 68.7 cm³/mol. The Bertz CT molecular complexity index is 432. The summed E-state index contributed by atoms with van der Waals surface area (Å²) in [6.07, 6.45) is 3.31. The number of hydrogen-bond donors (Lipinski definition) is 1. The van der Waals surface area contributed by atoms with Crippen molar-refractivity contribution in [3.8, 4) is 0 Å². The summed E-state index contributed by atoms with van der Waals surface area (Å²) in [5, 5.41) is 2.72. The molecule has 18 heavy (non-hydrogen) atoms. The summed E-state index contributed by atoms with van der Waals surface area (Å²) in [5.74, 6) is -1.51. The van der Waals surface area contributed by atoms with E-state index < -0.39 is 17.5 Å². The molecule has 2 nitrogen and oxygen atoms in total. The molecule has 0 bridgehead atoms. The van der Waals surface area contributed by atoms with Gasteiger partial charge in [0, 0.05) is 23.0 Å². The maximum Gasteiger partial charge on any atom is 0.251 e. The van der Waals surface area contributed by atoms with Crippen LogP contribution in [0.25, 0.3) is 0 Å². The zero-order valence-corrected chi connectivity index (χ0v) is 11.3. The minimum atomic E-state index is -0.737. The van der Waals surface area contributed by atoms with E-state index in [2.05, 4.69) is 21.2 Å². The number of alkyl halides is 1. The molecule has 1 amide bonds. The number of rotatable bonds is 3. The van der Waals surface area contributed by atoms with Crippen LogP contribution in [0.1, 0.15) is 29.6 Å². The fraction of sp³-hybridized carbons (Fsp3) is 0.462. The van der Waals surface area contributed by atoms with Gasteiger partial charge in [-0.15, -0.1) is 0 Å². The summed E-state index contributed by atoms with van der Waals surface area (Å²) < 4.78 is 25.9. The molecular weight excluding hydrogens is 304 g/mol. The molecule has 1 N–H and O–H groups in total. The lowest BCUT2D eigenvalue weighted by Crippen LogP contribution is -2.31. The van der Waals surface area contributed by atoms with Crippen LogP contribution < -0.4 is 5.32 Å². The van der Waals surface area contributed by atoms with Crippen molar-refractivity contribution in [2.24, 2.45) is 5.92 Å². The summed E-state index contributed by atoms with van der Waals surface area (Å²) >= 11 is 3.56. The third-order valence-electron chi connectivity index (χ3n) is 3.22. The average Bonchev–Trinajstić information content (AvgIpc) is 2.70. The molecule has 1 fully saturated rings. The van der Waals surface area contributed by atoms with Gasteiger partial charge in [-0.25, -0.2) is 8.78 Å². The molecule has 1 aliphatic rings. The molecule has 1 saturated carbocycles. The zero-order valence-electron chi connectivity index (χ0n) is 9.76. The highest BCUT2D eigenvalue weighted by molar-refractivity contribution is 9.09.